The predicted molar refractivity (Wildman–Crippen MR) is 77.6 cm³/mol. The number of hydrogen-bond acceptors (Lipinski definition) is 5. The lowest BCUT2D eigenvalue weighted by Gasteiger charge is -2.32. The van der Waals surface area contributed by atoms with Crippen LogP contribution in [0.3, 0.4) is 0 Å². The zero-order chi connectivity index (χ0) is 14.5. The summed E-state index contributed by atoms with van der Waals surface area (Å²) in [5.74, 6) is 0.633. The van der Waals surface area contributed by atoms with E-state index in [2.05, 4.69) is 17.1 Å². The van der Waals surface area contributed by atoms with Crippen LogP contribution in [0.15, 0.2) is 0 Å². The van der Waals surface area contributed by atoms with Gasteiger partial charge >= 0.3 is 5.97 Å². The fourth-order valence-electron chi connectivity index (χ4n) is 2.65. The molecule has 0 heterocycles. The fraction of sp³-hybridized carbons (Fsp3) is 0.933. The van der Waals surface area contributed by atoms with Crippen LogP contribution < -0.4 is 5.32 Å². The molecule has 0 aromatic rings. The molecule has 2 saturated carbocycles. The van der Waals surface area contributed by atoms with Gasteiger partial charge in [0.1, 0.15) is 6.04 Å². The fourth-order valence-corrected chi connectivity index (χ4v) is 2.65. The highest BCUT2D eigenvalue weighted by Crippen LogP contribution is 2.35. The summed E-state index contributed by atoms with van der Waals surface area (Å²) in [5, 5.41) is 3.41. The number of carbonyl (C=O) groups is 1. The lowest BCUT2D eigenvalue weighted by atomic mass is 10.1. The average Bonchev–Trinajstić information content (AvgIpc) is 3.33. The van der Waals surface area contributed by atoms with E-state index in [0.717, 1.165) is 12.5 Å². The summed E-state index contributed by atoms with van der Waals surface area (Å²) in [5.41, 5.74) is 0. The van der Waals surface area contributed by atoms with Gasteiger partial charge in [0.05, 0.1) is 13.7 Å². The number of carbonyl (C=O) groups excluding carboxylic acids is 1. The van der Waals surface area contributed by atoms with Crippen molar-refractivity contribution in [3.8, 4) is 0 Å². The molecule has 2 aliphatic carbocycles. The molecular formula is C15H28N2O3. The summed E-state index contributed by atoms with van der Waals surface area (Å²) in [7, 11) is 3.19. The molecule has 0 radical (unpaired) electrons. The van der Waals surface area contributed by atoms with Gasteiger partial charge in [0.2, 0.25) is 0 Å². The Hall–Kier alpha value is -0.650. The van der Waals surface area contributed by atoms with Crippen LogP contribution in [0.4, 0.5) is 0 Å². The van der Waals surface area contributed by atoms with Crippen LogP contribution in [0.5, 0.6) is 0 Å². The van der Waals surface area contributed by atoms with Crippen LogP contribution in [0.2, 0.25) is 0 Å². The molecule has 0 aromatic carbocycles. The largest absolute Gasteiger partial charge is 0.468 e. The number of rotatable bonds is 10. The van der Waals surface area contributed by atoms with Gasteiger partial charge < -0.3 is 14.8 Å². The molecule has 20 heavy (non-hydrogen) atoms. The number of methoxy groups -OCH3 is 2. The van der Waals surface area contributed by atoms with Gasteiger partial charge in [0.15, 0.2) is 0 Å². The Morgan fingerprint density at radius 1 is 1.30 bits per heavy atom. The molecule has 0 aromatic heterocycles. The Balaban J connectivity index is 1.91. The Morgan fingerprint density at radius 3 is 2.50 bits per heavy atom. The Kier molecular flexibility index (Phi) is 5.81. The van der Waals surface area contributed by atoms with Crippen molar-refractivity contribution in [2.24, 2.45) is 5.92 Å². The number of hydrogen-bond donors (Lipinski definition) is 1. The quantitative estimate of drug-likeness (QED) is 0.607. The first-order valence-corrected chi connectivity index (χ1v) is 7.72. The van der Waals surface area contributed by atoms with Gasteiger partial charge in [-0.3, -0.25) is 9.69 Å². The molecule has 2 unspecified atom stereocenters. The van der Waals surface area contributed by atoms with Crippen molar-refractivity contribution in [2.45, 2.75) is 50.7 Å². The van der Waals surface area contributed by atoms with Crippen LogP contribution >= 0.6 is 0 Å². The molecule has 116 valence electrons. The Labute approximate surface area is 122 Å². The maximum absolute atomic E-state index is 11.9. The van der Waals surface area contributed by atoms with Gasteiger partial charge in [-0.15, -0.1) is 0 Å². The van der Waals surface area contributed by atoms with Gasteiger partial charge in [0, 0.05) is 32.3 Å². The Bertz CT molecular complexity index is 316. The highest BCUT2D eigenvalue weighted by atomic mass is 16.5. The van der Waals surface area contributed by atoms with Gasteiger partial charge in [-0.25, -0.2) is 0 Å². The molecule has 2 fully saturated rings. The lowest BCUT2D eigenvalue weighted by molar-refractivity contribution is -0.144. The number of nitrogens with one attached hydrogen (secondary N) is 1. The van der Waals surface area contributed by atoms with E-state index < -0.39 is 0 Å². The maximum atomic E-state index is 11.9. The first kappa shape index (κ1) is 15.7. The first-order chi connectivity index (χ1) is 9.65. The van der Waals surface area contributed by atoms with E-state index in [0.29, 0.717) is 25.2 Å². The molecule has 0 saturated heterocycles. The summed E-state index contributed by atoms with van der Waals surface area (Å²) in [6.07, 6.45) is 4.96. The smallest absolute Gasteiger partial charge is 0.324 e. The minimum Gasteiger partial charge on any atom is -0.468 e. The molecule has 2 rings (SSSR count). The SMILES string of the molecule is COCCN(CC(NC1CC1)C(=O)OC)C(C)C1CC1. The van der Waals surface area contributed by atoms with Crippen LogP contribution in [0.1, 0.15) is 32.6 Å². The molecule has 0 spiro atoms. The molecule has 5 nitrogen and oxygen atoms in total. The van der Waals surface area contributed by atoms with E-state index in [-0.39, 0.29) is 12.0 Å². The minimum absolute atomic E-state index is 0.151. The van der Waals surface area contributed by atoms with Crippen LogP contribution in [-0.4, -0.2) is 62.9 Å². The summed E-state index contributed by atoms with van der Waals surface area (Å²) < 4.78 is 10.1. The Morgan fingerprint density at radius 2 is 2.00 bits per heavy atom. The lowest BCUT2D eigenvalue weighted by Crippen LogP contribution is -2.51. The van der Waals surface area contributed by atoms with Crippen molar-refractivity contribution >= 4 is 5.97 Å². The predicted octanol–water partition coefficient (Wildman–Crippen LogP) is 1.03. The van der Waals surface area contributed by atoms with Crippen molar-refractivity contribution < 1.29 is 14.3 Å². The van der Waals surface area contributed by atoms with Crippen LogP contribution in [-0.2, 0) is 14.3 Å². The second-order valence-electron chi connectivity index (χ2n) is 6.08. The number of esters is 1. The maximum Gasteiger partial charge on any atom is 0.324 e. The van der Waals surface area contributed by atoms with Crippen molar-refractivity contribution in [3.63, 3.8) is 0 Å². The van der Waals surface area contributed by atoms with E-state index in [9.17, 15) is 4.79 Å². The van der Waals surface area contributed by atoms with E-state index in [1.807, 2.05) is 0 Å². The normalized spacial score (nSPS) is 21.8. The zero-order valence-corrected chi connectivity index (χ0v) is 12.9. The van der Waals surface area contributed by atoms with Gasteiger partial charge in [-0.2, -0.15) is 0 Å². The van der Waals surface area contributed by atoms with Crippen molar-refractivity contribution in [3.05, 3.63) is 0 Å². The van der Waals surface area contributed by atoms with Crippen molar-refractivity contribution in [1.82, 2.24) is 10.2 Å². The molecule has 2 atom stereocenters. The van der Waals surface area contributed by atoms with E-state index in [4.69, 9.17) is 9.47 Å². The van der Waals surface area contributed by atoms with Crippen LogP contribution in [0.25, 0.3) is 0 Å². The number of nitrogens with zero attached hydrogens (tertiary/aromatic N) is 1. The standard InChI is InChI=1S/C15H28N2O3/c1-11(12-4-5-12)17(8-9-19-2)10-14(15(18)20-3)16-13-6-7-13/h11-14,16H,4-10H2,1-3H3. The molecule has 5 heteroatoms. The molecule has 1 N–H and O–H groups in total. The van der Waals surface area contributed by atoms with Gasteiger partial charge in [0.25, 0.3) is 0 Å². The molecular weight excluding hydrogens is 256 g/mol. The summed E-state index contributed by atoms with van der Waals surface area (Å²) >= 11 is 0. The molecule has 0 amide bonds. The number of ether oxygens (including phenoxy) is 2. The van der Waals surface area contributed by atoms with E-state index in [1.165, 1.54) is 32.8 Å². The third-order valence-electron chi connectivity index (χ3n) is 4.38. The highest BCUT2D eigenvalue weighted by Gasteiger charge is 2.35. The zero-order valence-electron chi connectivity index (χ0n) is 12.9. The van der Waals surface area contributed by atoms with E-state index >= 15 is 0 Å². The summed E-state index contributed by atoms with van der Waals surface area (Å²) in [6.45, 7) is 4.55. The molecule has 0 bridgehead atoms. The topological polar surface area (TPSA) is 50.8 Å². The second kappa shape index (κ2) is 7.38. The monoisotopic (exact) mass is 284 g/mol. The third-order valence-corrected chi connectivity index (χ3v) is 4.38. The van der Waals surface area contributed by atoms with Crippen LogP contribution in [0, 0.1) is 5.92 Å². The van der Waals surface area contributed by atoms with Gasteiger partial charge in [-0.1, -0.05) is 0 Å². The first-order valence-electron chi connectivity index (χ1n) is 7.72. The average molecular weight is 284 g/mol. The van der Waals surface area contributed by atoms with Crippen molar-refractivity contribution in [2.75, 3.05) is 33.9 Å². The highest BCUT2D eigenvalue weighted by molar-refractivity contribution is 5.76. The third kappa shape index (κ3) is 4.72. The second-order valence-corrected chi connectivity index (χ2v) is 6.08. The van der Waals surface area contributed by atoms with Crippen molar-refractivity contribution in [1.29, 1.82) is 0 Å². The minimum atomic E-state index is -0.217. The summed E-state index contributed by atoms with van der Waals surface area (Å²) in [6, 6.07) is 0.795. The molecule has 0 aliphatic heterocycles. The van der Waals surface area contributed by atoms with Gasteiger partial charge in [-0.05, 0) is 38.5 Å². The van der Waals surface area contributed by atoms with E-state index in [1.54, 1.807) is 7.11 Å². The molecule has 2 aliphatic rings. The summed E-state index contributed by atoms with van der Waals surface area (Å²) in [4.78, 5) is 14.3.